The molecule has 0 unspecified atom stereocenters. The van der Waals surface area contributed by atoms with E-state index in [1.54, 1.807) is 12.4 Å². The van der Waals surface area contributed by atoms with Crippen LogP contribution in [0.3, 0.4) is 0 Å². The predicted molar refractivity (Wildman–Crippen MR) is 93.4 cm³/mol. The zero-order chi connectivity index (χ0) is 16.1. The number of aliphatic imine (C=N–C) groups is 1. The van der Waals surface area contributed by atoms with E-state index in [1.165, 1.54) is 25.7 Å². The second-order valence-electron chi connectivity index (χ2n) is 6.90. The van der Waals surface area contributed by atoms with Gasteiger partial charge in [-0.15, -0.1) is 0 Å². The van der Waals surface area contributed by atoms with Gasteiger partial charge in [0.2, 0.25) is 5.95 Å². The molecular weight excluding hydrogens is 288 g/mol. The van der Waals surface area contributed by atoms with E-state index in [0.717, 1.165) is 50.5 Å². The highest BCUT2D eigenvalue weighted by Crippen LogP contribution is 2.20. The van der Waals surface area contributed by atoms with Crippen molar-refractivity contribution in [2.45, 2.75) is 32.6 Å². The highest BCUT2D eigenvalue weighted by Gasteiger charge is 2.22. The number of nitrogens with zero attached hydrogens (tertiary/aromatic N) is 5. The van der Waals surface area contributed by atoms with E-state index >= 15 is 0 Å². The Morgan fingerprint density at radius 1 is 1.22 bits per heavy atom. The lowest BCUT2D eigenvalue weighted by Crippen LogP contribution is -2.44. The van der Waals surface area contributed by atoms with Crippen LogP contribution < -0.4 is 10.6 Å². The number of guanidine groups is 1. The van der Waals surface area contributed by atoms with Crippen molar-refractivity contribution in [3.63, 3.8) is 0 Å². The number of nitrogens with two attached hydrogens (primary N) is 1. The van der Waals surface area contributed by atoms with Crippen LogP contribution in [0.15, 0.2) is 23.5 Å². The van der Waals surface area contributed by atoms with Gasteiger partial charge in [-0.05, 0) is 43.6 Å². The molecule has 0 amide bonds. The van der Waals surface area contributed by atoms with E-state index in [2.05, 4.69) is 31.7 Å². The quantitative estimate of drug-likeness (QED) is 0.679. The van der Waals surface area contributed by atoms with E-state index < -0.39 is 0 Å². The van der Waals surface area contributed by atoms with Crippen molar-refractivity contribution in [1.29, 1.82) is 0 Å². The molecule has 0 spiro atoms. The van der Waals surface area contributed by atoms with Crippen molar-refractivity contribution in [3.05, 3.63) is 18.5 Å². The zero-order valence-corrected chi connectivity index (χ0v) is 14.1. The van der Waals surface area contributed by atoms with Crippen LogP contribution in [0.4, 0.5) is 5.95 Å². The highest BCUT2D eigenvalue weighted by atomic mass is 15.3. The maximum Gasteiger partial charge on any atom is 0.225 e. The minimum Gasteiger partial charge on any atom is -0.370 e. The molecule has 2 aliphatic rings. The van der Waals surface area contributed by atoms with Crippen LogP contribution in [0.1, 0.15) is 32.6 Å². The van der Waals surface area contributed by atoms with Gasteiger partial charge in [0, 0.05) is 45.1 Å². The van der Waals surface area contributed by atoms with Gasteiger partial charge >= 0.3 is 0 Å². The second-order valence-corrected chi connectivity index (χ2v) is 6.90. The van der Waals surface area contributed by atoms with Gasteiger partial charge in [0.25, 0.3) is 0 Å². The molecule has 126 valence electrons. The molecule has 2 aliphatic heterocycles. The fourth-order valence-electron chi connectivity index (χ4n) is 3.57. The van der Waals surface area contributed by atoms with Crippen LogP contribution >= 0.6 is 0 Å². The fourth-order valence-corrected chi connectivity index (χ4v) is 3.57. The third-order valence-electron chi connectivity index (χ3n) is 4.85. The molecule has 6 nitrogen and oxygen atoms in total. The molecule has 1 aromatic heterocycles. The molecule has 3 heterocycles. The van der Waals surface area contributed by atoms with Gasteiger partial charge in [-0.3, -0.25) is 4.99 Å². The highest BCUT2D eigenvalue weighted by molar-refractivity contribution is 5.78. The SMILES string of the molecule is C[C@H]1CCCN(C(N)=NC[C@H]2CCCN(c3ncccn3)C2)C1. The summed E-state index contributed by atoms with van der Waals surface area (Å²) in [5.41, 5.74) is 6.21. The topological polar surface area (TPSA) is 70.6 Å². The summed E-state index contributed by atoms with van der Waals surface area (Å²) in [4.78, 5) is 17.9. The molecule has 2 atom stereocenters. The molecule has 0 radical (unpaired) electrons. The molecule has 23 heavy (non-hydrogen) atoms. The van der Waals surface area contributed by atoms with Gasteiger partial charge in [0.05, 0.1) is 0 Å². The molecule has 2 fully saturated rings. The van der Waals surface area contributed by atoms with E-state index in [-0.39, 0.29) is 0 Å². The zero-order valence-electron chi connectivity index (χ0n) is 14.1. The van der Waals surface area contributed by atoms with Crippen LogP contribution in [0, 0.1) is 11.8 Å². The second kappa shape index (κ2) is 7.62. The van der Waals surface area contributed by atoms with Gasteiger partial charge in [0.1, 0.15) is 0 Å². The van der Waals surface area contributed by atoms with Crippen LogP contribution in [0.25, 0.3) is 0 Å². The molecule has 0 bridgehead atoms. The predicted octanol–water partition coefficient (Wildman–Crippen LogP) is 1.74. The standard InChI is InChI=1S/C17H28N6/c1-14-5-2-9-22(12-14)16(18)21-11-15-6-3-10-23(13-15)17-19-7-4-8-20-17/h4,7-8,14-15H,2-3,5-6,9-13H2,1H3,(H2,18,21)/t14-,15+/m0/s1. The Morgan fingerprint density at radius 2 is 2.00 bits per heavy atom. The summed E-state index contributed by atoms with van der Waals surface area (Å²) in [6, 6.07) is 1.86. The molecule has 1 aromatic rings. The van der Waals surface area contributed by atoms with E-state index in [0.29, 0.717) is 5.92 Å². The summed E-state index contributed by atoms with van der Waals surface area (Å²) in [6.07, 6.45) is 8.51. The Labute approximate surface area is 138 Å². The first-order valence-corrected chi connectivity index (χ1v) is 8.79. The van der Waals surface area contributed by atoms with Crippen molar-refractivity contribution in [3.8, 4) is 0 Å². The van der Waals surface area contributed by atoms with Gasteiger partial charge in [-0.25, -0.2) is 9.97 Å². The first kappa shape index (κ1) is 16.0. The van der Waals surface area contributed by atoms with Crippen LogP contribution in [0.5, 0.6) is 0 Å². The van der Waals surface area contributed by atoms with Crippen LogP contribution in [-0.2, 0) is 0 Å². The van der Waals surface area contributed by atoms with Gasteiger partial charge in [-0.2, -0.15) is 0 Å². The maximum atomic E-state index is 6.21. The van der Waals surface area contributed by atoms with E-state index in [1.807, 2.05) is 6.07 Å². The summed E-state index contributed by atoms with van der Waals surface area (Å²) in [5.74, 6) is 2.81. The number of likely N-dealkylation sites (tertiary alicyclic amines) is 1. The molecular formula is C17H28N6. The Kier molecular flexibility index (Phi) is 5.31. The number of anilines is 1. The summed E-state index contributed by atoms with van der Waals surface area (Å²) < 4.78 is 0. The van der Waals surface area contributed by atoms with Gasteiger partial charge < -0.3 is 15.5 Å². The first-order chi connectivity index (χ1) is 11.2. The van der Waals surface area contributed by atoms with Crippen LogP contribution in [-0.4, -0.2) is 53.6 Å². The average Bonchev–Trinajstić information content (AvgIpc) is 2.61. The number of aromatic nitrogens is 2. The Balaban J connectivity index is 1.54. The Bertz CT molecular complexity index is 517. The average molecular weight is 316 g/mol. The van der Waals surface area contributed by atoms with Crippen molar-refractivity contribution in [1.82, 2.24) is 14.9 Å². The van der Waals surface area contributed by atoms with E-state index in [9.17, 15) is 0 Å². The third kappa shape index (κ3) is 4.33. The monoisotopic (exact) mass is 316 g/mol. The first-order valence-electron chi connectivity index (χ1n) is 8.79. The lowest BCUT2D eigenvalue weighted by molar-refractivity contribution is 0.269. The maximum absolute atomic E-state index is 6.21. The lowest BCUT2D eigenvalue weighted by Gasteiger charge is -2.33. The molecule has 2 saturated heterocycles. The molecule has 6 heteroatoms. The van der Waals surface area contributed by atoms with E-state index in [4.69, 9.17) is 5.73 Å². The van der Waals surface area contributed by atoms with Crippen molar-refractivity contribution >= 4 is 11.9 Å². The normalized spacial score (nSPS) is 26.4. The Hall–Kier alpha value is -1.85. The number of hydrogen-bond donors (Lipinski definition) is 1. The summed E-state index contributed by atoms with van der Waals surface area (Å²) in [5, 5.41) is 0. The number of hydrogen-bond acceptors (Lipinski definition) is 4. The van der Waals surface area contributed by atoms with Crippen molar-refractivity contribution in [2.75, 3.05) is 37.6 Å². The van der Waals surface area contributed by atoms with Crippen LogP contribution in [0.2, 0.25) is 0 Å². The number of rotatable bonds is 3. The molecule has 0 aromatic carbocycles. The Morgan fingerprint density at radius 3 is 2.78 bits per heavy atom. The molecule has 2 N–H and O–H groups in total. The van der Waals surface area contributed by atoms with Gasteiger partial charge in [-0.1, -0.05) is 6.92 Å². The smallest absolute Gasteiger partial charge is 0.225 e. The van der Waals surface area contributed by atoms with Crippen molar-refractivity contribution in [2.24, 2.45) is 22.6 Å². The summed E-state index contributed by atoms with van der Waals surface area (Å²) >= 11 is 0. The van der Waals surface area contributed by atoms with Crippen molar-refractivity contribution < 1.29 is 0 Å². The summed E-state index contributed by atoms with van der Waals surface area (Å²) in [7, 11) is 0. The van der Waals surface area contributed by atoms with Gasteiger partial charge in [0.15, 0.2) is 5.96 Å². The largest absolute Gasteiger partial charge is 0.370 e. The lowest BCUT2D eigenvalue weighted by atomic mass is 9.98. The summed E-state index contributed by atoms with van der Waals surface area (Å²) in [6.45, 7) is 7.19. The molecule has 0 aliphatic carbocycles. The minimum absolute atomic E-state index is 0.535. The molecule has 3 rings (SSSR count). The third-order valence-corrected chi connectivity index (χ3v) is 4.85. The fraction of sp³-hybridized carbons (Fsp3) is 0.706. The minimum atomic E-state index is 0.535. The molecule has 0 saturated carbocycles. The number of piperidine rings is 2.